The number of amides is 3. The summed E-state index contributed by atoms with van der Waals surface area (Å²) < 4.78 is 5.18. The molecule has 1 atom stereocenters. The Hall–Kier alpha value is -2.24. The minimum Gasteiger partial charge on any atom is -0.497 e. The molecular weight excluding hydrogens is 363 g/mol. The molecule has 1 saturated heterocycles. The smallest absolute Gasteiger partial charge is 0.325 e. The Bertz CT molecular complexity index is 856. The highest BCUT2D eigenvalue weighted by atomic mass is 35.5. The molecule has 1 unspecified atom stereocenters. The van der Waals surface area contributed by atoms with E-state index in [1.165, 1.54) is 4.90 Å². The average Bonchev–Trinajstić information content (AvgIpc) is 2.79. The van der Waals surface area contributed by atoms with Gasteiger partial charge in [0.05, 0.1) is 13.7 Å². The van der Waals surface area contributed by atoms with Crippen LogP contribution in [0.15, 0.2) is 42.5 Å². The summed E-state index contributed by atoms with van der Waals surface area (Å²) in [4.78, 5) is 26.5. The molecule has 0 radical (unpaired) electrons. The molecule has 1 aliphatic heterocycles. The van der Waals surface area contributed by atoms with Gasteiger partial charge >= 0.3 is 6.03 Å². The third-order valence-electron chi connectivity index (χ3n) is 4.22. The number of methoxy groups -OCH3 is 1. The summed E-state index contributed by atoms with van der Waals surface area (Å²) >= 11 is 12.2. The number of carbonyl (C=O) groups is 2. The van der Waals surface area contributed by atoms with E-state index in [1.54, 1.807) is 44.4 Å². The highest BCUT2D eigenvalue weighted by molar-refractivity contribution is 6.35. The van der Waals surface area contributed by atoms with Gasteiger partial charge in [-0.2, -0.15) is 0 Å². The van der Waals surface area contributed by atoms with E-state index in [-0.39, 0.29) is 12.5 Å². The van der Waals surface area contributed by atoms with Gasteiger partial charge < -0.3 is 10.1 Å². The van der Waals surface area contributed by atoms with Crippen LogP contribution in [0.1, 0.15) is 18.1 Å². The first-order valence-corrected chi connectivity index (χ1v) is 8.33. The molecule has 2 aromatic rings. The number of hydrogen-bond donors (Lipinski definition) is 1. The molecule has 2 aromatic carbocycles. The second kappa shape index (κ2) is 6.58. The summed E-state index contributed by atoms with van der Waals surface area (Å²) in [7, 11) is 1.56. The molecule has 0 bridgehead atoms. The van der Waals surface area contributed by atoms with Gasteiger partial charge in [-0.1, -0.05) is 41.4 Å². The van der Waals surface area contributed by atoms with E-state index < -0.39 is 11.6 Å². The second-order valence-electron chi connectivity index (χ2n) is 5.92. The van der Waals surface area contributed by atoms with Crippen LogP contribution in [-0.4, -0.2) is 23.9 Å². The summed E-state index contributed by atoms with van der Waals surface area (Å²) in [5, 5.41) is 3.52. The number of ether oxygens (including phenoxy) is 1. The van der Waals surface area contributed by atoms with Crippen LogP contribution in [0.4, 0.5) is 4.79 Å². The van der Waals surface area contributed by atoms with Gasteiger partial charge in [-0.25, -0.2) is 4.79 Å². The molecule has 0 spiro atoms. The Morgan fingerprint density at radius 1 is 1.16 bits per heavy atom. The number of hydrogen-bond acceptors (Lipinski definition) is 3. The van der Waals surface area contributed by atoms with E-state index in [1.807, 2.05) is 12.1 Å². The molecule has 130 valence electrons. The van der Waals surface area contributed by atoms with Crippen molar-refractivity contribution in [3.8, 4) is 5.75 Å². The first kappa shape index (κ1) is 17.6. The predicted octanol–water partition coefficient (Wildman–Crippen LogP) is 3.97. The third-order valence-corrected chi connectivity index (χ3v) is 4.77. The molecule has 5 nitrogen and oxygen atoms in total. The van der Waals surface area contributed by atoms with Crippen LogP contribution < -0.4 is 10.1 Å². The van der Waals surface area contributed by atoms with Crippen molar-refractivity contribution in [1.82, 2.24) is 10.2 Å². The van der Waals surface area contributed by atoms with Crippen LogP contribution in [0.25, 0.3) is 0 Å². The molecule has 0 aliphatic carbocycles. The van der Waals surface area contributed by atoms with E-state index in [0.717, 1.165) is 5.56 Å². The van der Waals surface area contributed by atoms with Gasteiger partial charge in [-0.05, 0) is 36.8 Å². The molecule has 1 fully saturated rings. The van der Waals surface area contributed by atoms with E-state index in [0.29, 0.717) is 21.4 Å². The predicted molar refractivity (Wildman–Crippen MR) is 95.9 cm³/mol. The number of carbonyl (C=O) groups excluding carboxylic acids is 2. The zero-order valence-electron chi connectivity index (χ0n) is 13.7. The van der Waals surface area contributed by atoms with Crippen LogP contribution in [0, 0.1) is 0 Å². The van der Waals surface area contributed by atoms with Crippen molar-refractivity contribution in [3.63, 3.8) is 0 Å². The van der Waals surface area contributed by atoms with Crippen molar-refractivity contribution in [2.45, 2.75) is 19.0 Å². The van der Waals surface area contributed by atoms with E-state index in [2.05, 4.69) is 5.32 Å². The highest BCUT2D eigenvalue weighted by Gasteiger charge is 2.49. The lowest BCUT2D eigenvalue weighted by Crippen LogP contribution is -2.41. The molecule has 1 N–H and O–H groups in total. The number of nitrogens with zero attached hydrogens (tertiary/aromatic N) is 1. The Kier molecular flexibility index (Phi) is 4.62. The maximum Gasteiger partial charge on any atom is 0.325 e. The molecule has 1 heterocycles. The Morgan fingerprint density at radius 3 is 2.60 bits per heavy atom. The van der Waals surface area contributed by atoms with Crippen molar-refractivity contribution in [3.05, 3.63) is 63.6 Å². The van der Waals surface area contributed by atoms with Crippen LogP contribution in [0.2, 0.25) is 10.0 Å². The van der Waals surface area contributed by atoms with Crippen molar-refractivity contribution in [2.24, 2.45) is 0 Å². The first-order chi connectivity index (χ1) is 11.8. The summed E-state index contributed by atoms with van der Waals surface area (Å²) in [6.45, 7) is 1.77. The van der Waals surface area contributed by atoms with Gasteiger partial charge in [0.2, 0.25) is 0 Å². The largest absolute Gasteiger partial charge is 0.497 e. The van der Waals surface area contributed by atoms with Crippen LogP contribution in [0.5, 0.6) is 5.75 Å². The minimum atomic E-state index is -1.24. The maximum absolute atomic E-state index is 13.0. The molecule has 0 saturated carbocycles. The van der Waals surface area contributed by atoms with Gasteiger partial charge in [-0.3, -0.25) is 9.69 Å². The Morgan fingerprint density at radius 2 is 1.92 bits per heavy atom. The summed E-state index contributed by atoms with van der Waals surface area (Å²) in [5.41, 5.74) is 0.0526. The monoisotopic (exact) mass is 378 g/mol. The number of urea groups is 1. The normalized spacial score (nSPS) is 19.9. The van der Waals surface area contributed by atoms with E-state index in [9.17, 15) is 9.59 Å². The fourth-order valence-electron chi connectivity index (χ4n) is 2.87. The second-order valence-corrected chi connectivity index (χ2v) is 6.77. The molecule has 7 heteroatoms. The fraction of sp³-hybridized carbons (Fsp3) is 0.222. The molecule has 0 aromatic heterocycles. The number of imide groups is 1. The Balaban J connectivity index is 1.91. The van der Waals surface area contributed by atoms with Gasteiger partial charge in [-0.15, -0.1) is 0 Å². The quantitative estimate of drug-likeness (QED) is 0.818. The molecule has 3 amide bonds. The lowest BCUT2D eigenvalue weighted by Gasteiger charge is -2.23. The maximum atomic E-state index is 13.0. The zero-order chi connectivity index (χ0) is 18.2. The summed E-state index contributed by atoms with van der Waals surface area (Å²) in [6, 6.07) is 11.6. The van der Waals surface area contributed by atoms with Crippen LogP contribution in [-0.2, 0) is 16.9 Å². The summed E-state index contributed by atoms with van der Waals surface area (Å²) in [6.07, 6.45) is 0. The van der Waals surface area contributed by atoms with Gasteiger partial charge in [0.25, 0.3) is 5.91 Å². The SMILES string of the molecule is COc1cccc(CN2C(=O)NC(C)(c3ccc(Cl)cc3Cl)C2=O)c1. The van der Waals surface area contributed by atoms with E-state index in [4.69, 9.17) is 27.9 Å². The lowest BCUT2D eigenvalue weighted by atomic mass is 9.92. The number of nitrogens with one attached hydrogen (secondary N) is 1. The Labute approximate surface area is 155 Å². The van der Waals surface area contributed by atoms with E-state index >= 15 is 0 Å². The molecular formula is C18H16Cl2N2O3. The summed E-state index contributed by atoms with van der Waals surface area (Å²) in [5.74, 6) is 0.289. The highest BCUT2D eigenvalue weighted by Crippen LogP contribution is 2.35. The standard InChI is InChI=1S/C18H16Cl2N2O3/c1-18(14-7-6-12(19)9-15(14)20)16(23)22(17(24)21-18)10-11-4-3-5-13(8-11)25-2/h3-9H,10H2,1-2H3,(H,21,24). The van der Waals surface area contributed by atoms with Crippen LogP contribution in [0.3, 0.4) is 0 Å². The van der Waals surface area contributed by atoms with Crippen molar-refractivity contribution in [2.75, 3.05) is 7.11 Å². The van der Waals surface area contributed by atoms with Crippen molar-refractivity contribution in [1.29, 1.82) is 0 Å². The van der Waals surface area contributed by atoms with Crippen LogP contribution >= 0.6 is 23.2 Å². The first-order valence-electron chi connectivity index (χ1n) is 7.57. The number of rotatable bonds is 4. The number of benzene rings is 2. The zero-order valence-corrected chi connectivity index (χ0v) is 15.2. The average molecular weight is 379 g/mol. The van der Waals surface area contributed by atoms with Gasteiger partial charge in [0.1, 0.15) is 11.3 Å². The minimum absolute atomic E-state index is 0.142. The molecule has 1 aliphatic rings. The fourth-order valence-corrected chi connectivity index (χ4v) is 3.47. The topological polar surface area (TPSA) is 58.6 Å². The number of halogens is 2. The lowest BCUT2D eigenvalue weighted by molar-refractivity contribution is -0.131. The third kappa shape index (κ3) is 3.17. The van der Waals surface area contributed by atoms with Crippen molar-refractivity contribution < 1.29 is 14.3 Å². The van der Waals surface area contributed by atoms with Gasteiger partial charge in [0, 0.05) is 15.6 Å². The molecule has 3 rings (SSSR count). The molecule has 25 heavy (non-hydrogen) atoms. The van der Waals surface area contributed by atoms with Gasteiger partial charge in [0.15, 0.2) is 0 Å². The van der Waals surface area contributed by atoms with Crippen molar-refractivity contribution >= 4 is 35.1 Å².